The van der Waals surface area contributed by atoms with Gasteiger partial charge in [-0.1, -0.05) is 6.07 Å². The number of nitrogen functional groups attached to an aromatic ring is 1. The molecular weight excluding hydrogens is 283 g/mol. The predicted molar refractivity (Wildman–Crippen MR) is 77.1 cm³/mol. The number of carbonyl (C=O) groups excluding carboxylic acids is 2. The molecule has 0 fully saturated rings. The highest BCUT2D eigenvalue weighted by atomic mass is 32.2. The maximum Gasteiger partial charge on any atom is 0.328 e. The Bertz CT molecular complexity index is 497. The van der Waals surface area contributed by atoms with Crippen molar-refractivity contribution in [2.24, 2.45) is 0 Å². The number of nitrogens with one attached hydrogen (secondary N) is 1. The minimum Gasteiger partial charge on any atom is -0.467 e. The van der Waals surface area contributed by atoms with E-state index >= 15 is 0 Å². The Hall–Kier alpha value is -1.76. The summed E-state index contributed by atoms with van der Waals surface area (Å²) in [5.41, 5.74) is 5.28. The second-order valence-electron chi connectivity index (χ2n) is 4.03. The van der Waals surface area contributed by atoms with Crippen LogP contribution in [0.1, 0.15) is 16.8 Å². The van der Waals surface area contributed by atoms with Crippen LogP contribution in [-0.4, -0.2) is 37.0 Å². The second-order valence-corrected chi connectivity index (χ2v) is 5.02. The molecule has 0 aliphatic carbocycles. The molecule has 0 saturated heterocycles. The summed E-state index contributed by atoms with van der Waals surface area (Å²) in [5.74, 6) is -1.13. The summed E-state index contributed by atoms with van der Waals surface area (Å²) in [7, 11) is 1.25. The van der Waals surface area contributed by atoms with E-state index in [2.05, 4.69) is 10.1 Å². The minimum atomic E-state index is -0.775. The monoisotopic (exact) mass is 300 g/mol. The first-order chi connectivity index (χ1) is 9.51. The zero-order chi connectivity index (χ0) is 15.1. The zero-order valence-electron chi connectivity index (χ0n) is 11.3. The summed E-state index contributed by atoms with van der Waals surface area (Å²) in [5, 5.41) is 2.51. The molecule has 0 bridgehead atoms. The fourth-order valence-corrected chi connectivity index (χ4v) is 2.07. The molecule has 0 aromatic heterocycles. The lowest BCUT2D eigenvalue weighted by Gasteiger charge is -2.16. The number of rotatable bonds is 6. The van der Waals surface area contributed by atoms with E-state index in [1.54, 1.807) is 11.8 Å². The van der Waals surface area contributed by atoms with Crippen molar-refractivity contribution in [2.75, 3.05) is 24.9 Å². The van der Waals surface area contributed by atoms with Crippen molar-refractivity contribution in [1.82, 2.24) is 5.32 Å². The van der Waals surface area contributed by atoms with E-state index in [4.69, 9.17) is 5.73 Å². The summed E-state index contributed by atoms with van der Waals surface area (Å²) in [6.45, 7) is 0. The van der Waals surface area contributed by atoms with Gasteiger partial charge in [0.1, 0.15) is 11.9 Å². The van der Waals surface area contributed by atoms with E-state index in [9.17, 15) is 14.0 Å². The highest BCUT2D eigenvalue weighted by Gasteiger charge is 2.23. The van der Waals surface area contributed by atoms with Crippen molar-refractivity contribution in [3.05, 3.63) is 29.6 Å². The van der Waals surface area contributed by atoms with E-state index in [-0.39, 0.29) is 11.3 Å². The largest absolute Gasteiger partial charge is 0.467 e. The number of amides is 1. The molecule has 110 valence electrons. The first-order valence-electron chi connectivity index (χ1n) is 5.92. The molecule has 0 radical (unpaired) electrons. The lowest BCUT2D eigenvalue weighted by Crippen LogP contribution is -2.42. The Morgan fingerprint density at radius 3 is 2.80 bits per heavy atom. The van der Waals surface area contributed by atoms with E-state index in [0.717, 1.165) is 6.07 Å². The van der Waals surface area contributed by atoms with Crippen molar-refractivity contribution in [3.8, 4) is 0 Å². The van der Waals surface area contributed by atoms with Gasteiger partial charge >= 0.3 is 5.97 Å². The minimum absolute atomic E-state index is 0.00283. The first kappa shape index (κ1) is 16.3. The molecule has 1 aromatic carbocycles. The highest BCUT2D eigenvalue weighted by molar-refractivity contribution is 7.98. The predicted octanol–water partition coefficient (Wildman–Crippen LogP) is 1.43. The van der Waals surface area contributed by atoms with Gasteiger partial charge in [0.2, 0.25) is 0 Å². The van der Waals surface area contributed by atoms with Crippen molar-refractivity contribution in [1.29, 1.82) is 0 Å². The molecule has 0 aliphatic heterocycles. The Balaban J connectivity index is 2.84. The first-order valence-corrected chi connectivity index (χ1v) is 7.32. The van der Waals surface area contributed by atoms with Crippen molar-refractivity contribution in [2.45, 2.75) is 12.5 Å². The van der Waals surface area contributed by atoms with E-state index in [1.807, 2.05) is 6.26 Å². The molecule has 20 heavy (non-hydrogen) atoms. The van der Waals surface area contributed by atoms with Crippen LogP contribution in [0, 0.1) is 5.82 Å². The Morgan fingerprint density at radius 1 is 1.50 bits per heavy atom. The summed E-state index contributed by atoms with van der Waals surface area (Å²) in [6, 6.07) is 3.17. The number of para-hydroxylation sites is 1. The fourth-order valence-electron chi connectivity index (χ4n) is 1.60. The van der Waals surface area contributed by atoms with Gasteiger partial charge in [0.15, 0.2) is 0 Å². The molecule has 5 nitrogen and oxygen atoms in total. The van der Waals surface area contributed by atoms with Crippen LogP contribution in [0.3, 0.4) is 0 Å². The van der Waals surface area contributed by atoms with E-state index in [1.165, 1.54) is 19.2 Å². The van der Waals surface area contributed by atoms with Crippen molar-refractivity contribution >= 4 is 29.3 Å². The van der Waals surface area contributed by atoms with Gasteiger partial charge in [-0.05, 0) is 30.6 Å². The summed E-state index contributed by atoms with van der Waals surface area (Å²) in [6.07, 6.45) is 2.32. The molecule has 1 unspecified atom stereocenters. The number of anilines is 1. The van der Waals surface area contributed by atoms with Crippen LogP contribution in [0.5, 0.6) is 0 Å². The molecule has 3 N–H and O–H groups in total. The van der Waals surface area contributed by atoms with Crippen LogP contribution < -0.4 is 11.1 Å². The van der Waals surface area contributed by atoms with Gasteiger partial charge in [-0.25, -0.2) is 9.18 Å². The van der Waals surface area contributed by atoms with Gasteiger partial charge in [-0.15, -0.1) is 0 Å². The molecule has 1 rings (SSSR count). The van der Waals surface area contributed by atoms with Gasteiger partial charge in [-0.3, -0.25) is 4.79 Å². The topological polar surface area (TPSA) is 81.4 Å². The lowest BCUT2D eigenvalue weighted by molar-refractivity contribution is -0.142. The number of hydrogen-bond donors (Lipinski definition) is 2. The van der Waals surface area contributed by atoms with Crippen molar-refractivity contribution < 1.29 is 18.7 Å². The second kappa shape index (κ2) is 7.74. The van der Waals surface area contributed by atoms with Crippen LogP contribution in [0.2, 0.25) is 0 Å². The third-order valence-corrected chi connectivity index (χ3v) is 3.34. The van der Waals surface area contributed by atoms with Gasteiger partial charge < -0.3 is 15.8 Å². The van der Waals surface area contributed by atoms with E-state index in [0.29, 0.717) is 12.2 Å². The number of nitrogens with two attached hydrogens (primary N) is 1. The SMILES string of the molecule is COC(=O)C(CCSC)NC(=O)c1cccc(F)c1N. The lowest BCUT2D eigenvalue weighted by atomic mass is 10.1. The fraction of sp³-hybridized carbons (Fsp3) is 0.385. The summed E-state index contributed by atoms with van der Waals surface area (Å²) >= 11 is 1.54. The van der Waals surface area contributed by atoms with Crippen LogP contribution in [-0.2, 0) is 9.53 Å². The molecule has 0 saturated carbocycles. The number of ether oxygens (including phenoxy) is 1. The van der Waals surface area contributed by atoms with Crippen LogP contribution >= 0.6 is 11.8 Å². The maximum atomic E-state index is 13.3. The van der Waals surface area contributed by atoms with Gasteiger partial charge in [0.05, 0.1) is 18.4 Å². The number of carbonyl (C=O) groups is 2. The number of benzene rings is 1. The summed E-state index contributed by atoms with van der Waals surface area (Å²) in [4.78, 5) is 23.6. The van der Waals surface area contributed by atoms with Crippen LogP contribution in [0.4, 0.5) is 10.1 Å². The number of hydrogen-bond acceptors (Lipinski definition) is 5. The normalized spacial score (nSPS) is 11.8. The molecule has 0 spiro atoms. The third-order valence-electron chi connectivity index (χ3n) is 2.70. The summed E-state index contributed by atoms with van der Waals surface area (Å²) < 4.78 is 17.9. The molecule has 1 aromatic rings. The Labute approximate surface area is 121 Å². The third kappa shape index (κ3) is 4.12. The number of thioether (sulfide) groups is 1. The van der Waals surface area contributed by atoms with Crippen molar-refractivity contribution in [3.63, 3.8) is 0 Å². The smallest absolute Gasteiger partial charge is 0.328 e. The standard InChI is InChI=1S/C13H17FN2O3S/c1-19-13(18)10(6-7-20-2)16-12(17)8-4-3-5-9(14)11(8)15/h3-5,10H,6-7,15H2,1-2H3,(H,16,17). The average molecular weight is 300 g/mol. The molecule has 0 heterocycles. The Kier molecular flexibility index (Phi) is 6.30. The molecule has 1 atom stereocenters. The average Bonchev–Trinajstić information content (AvgIpc) is 2.45. The van der Waals surface area contributed by atoms with Crippen LogP contribution in [0.25, 0.3) is 0 Å². The number of methoxy groups -OCH3 is 1. The van der Waals surface area contributed by atoms with E-state index < -0.39 is 23.7 Å². The molecular formula is C13H17FN2O3S. The maximum absolute atomic E-state index is 13.3. The van der Waals surface area contributed by atoms with Gasteiger partial charge in [0, 0.05) is 0 Å². The van der Waals surface area contributed by atoms with Crippen LogP contribution in [0.15, 0.2) is 18.2 Å². The Morgan fingerprint density at radius 2 is 2.20 bits per heavy atom. The molecule has 1 amide bonds. The number of esters is 1. The van der Waals surface area contributed by atoms with Gasteiger partial charge in [-0.2, -0.15) is 11.8 Å². The molecule has 7 heteroatoms. The number of halogens is 1. The van der Waals surface area contributed by atoms with Gasteiger partial charge in [0.25, 0.3) is 5.91 Å². The quantitative estimate of drug-likeness (QED) is 0.613. The molecule has 0 aliphatic rings. The zero-order valence-corrected chi connectivity index (χ0v) is 12.1. The highest BCUT2D eigenvalue weighted by Crippen LogP contribution is 2.16.